The molecule has 0 unspecified atom stereocenters. The summed E-state index contributed by atoms with van der Waals surface area (Å²) < 4.78 is 5.28. The SMILES string of the molecule is O=C(CCNc1cccc(Cl)c1)NCCN1CCOCC1. The third-order valence-corrected chi connectivity index (χ3v) is 3.59. The first-order valence-electron chi connectivity index (χ1n) is 7.30. The van der Waals surface area contributed by atoms with Gasteiger partial charge in [0.15, 0.2) is 0 Å². The summed E-state index contributed by atoms with van der Waals surface area (Å²) in [5.41, 5.74) is 0.934. The molecule has 1 saturated heterocycles. The van der Waals surface area contributed by atoms with Crippen LogP contribution in [-0.2, 0) is 9.53 Å². The molecule has 1 aromatic rings. The molecule has 2 rings (SSSR count). The van der Waals surface area contributed by atoms with E-state index in [1.165, 1.54) is 0 Å². The number of carbonyl (C=O) groups excluding carboxylic acids is 1. The lowest BCUT2D eigenvalue weighted by Gasteiger charge is -2.26. The Bertz CT molecular complexity index is 450. The minimum absolute atomic E-state index is 0.0674. The van der Waals surface area contributed by atoms with Crippen LogP contribution in [0.1, 0.15) is 6.42 Å². The van der Waals surface area contributed by atoms with E-state index in [0.29, 0.717) is 24.5 Å². The smallest absolute Gasteiger partial charge is 0.221 e. The molecule has 2 N–H and O–H groups in total. The normalized spacial score (nSPS) is 15.7. The fourth-order valence-electron chi connectivity index (χ4n) is 2.19. The Kier molecular flexibility index (Phi) is 6.79. The Hall–Kier alpha value is -1.30. The van der Waals surface area contributed by atoms with Gasteiger partial charge in [0.05, 0.1) is 13.2 Å². The molecule has 116 valence electrons. The molecule has 6 heteroatoms. The van der Waals surface area contributed by atoms with Crippen molar-refractivity contribution in [3.05, 3.63) is 29.3 Å². The van der Waals surface area contributed by atoms with Gasteiger partial charge < -0.3 is 15.4 Å². The molecule has 5 nitrogen and oxygen atoms in total. The van der Waals surface area contributed by atoms with Crippen LogP contribution in [0.15, 0.2) is 24.3 Å². The van der Waals surface area contributed by atoms with Crippen LogP contribution in [0.4, 0.5) is 5.69 Å². The van der Waals surface area contributed by atoms with Crippen molar-refractivity contribution in [1.29, 1.82) is 0 Å². The van der Waals surface area contributed by atoms with Crippen molar-refractivity contribution in [1.82, 2.24) is 10.2 Å². The molecule has 1 aliphatic rings. The number of hydrogen-bond donors (Lipinski definition) is 2. The molecule has 1 amide bonds. The number of ether oxygens (including phenoxy) is 1. The molecule has 1 aromatic carbocycles. The second-order valence-corrected chi connectivity index (χ2v) is 5.43. The number of anilines is 1. The average Bonchev–Trinajstić information content (AvgIpc) is 2.48. The van der Waals surface area contributed by atoms with Crippen molar-refractivity contribution >= 4 is 23.2 Å². The summed E-state index contributed by atoms with van der Waals surface area (Å²) in [6, 6.07) is 7.48. The van der Waals surface area contributed by atoms with Crippen molar-refractivity contribution in [2.45, 2.75) is 6.42 Å². The maximum atomic E-state index is 11.7. The third-order valence-electron chi connectivity index (χ3n) is 3.36. The van der Waals surface area contributed by atoms with Gasteiger partial charge in [0.1, 0.15) is 0 Å². The van der Waals surface area contributed by atoms with E-state index in [9.17, 15) is 4.79 Å². The minimum atomic E-state index is 0.0674. The number of amides is 1. The lowest BCUT2D eigenvalue weighted by molar-refractivity contribution is -0.120. The Labute approximate surface area is 130 Å². The van der Waals surface area contributed by atoms with Crippen LogP contribution in [0.25, 0.3) is 0 Å². The monoisotopic (exact) mass is 311 g/mol. The number of carbonyl (C=O) groups is 1. The second-order valence-electron chi connectivity index (χ2n) is 4.99. The van der Waals surface area contributed by atoms with Gasteiger partial charge in [-0.2, -0.15) is 0 Å². The van der Waals surface area contributed by atoms with Crippen LogP contribution in [0.3, 0.4) is 0 Å². The summed E-state index contributed by atoms with van der Waals surface area (Å²) in [6.07, 6.45) is 0.454. The fourth-order valence-corrected chi connectivity index (χ4v) is 2.38. The van der Waals surface area contributed by atoms with Gasteiger partial charge in [-0.15, -0.1) is 0 Å². The Morgan fingerprint density at radius 1 is 1.29 bits per heavy atom. The fraction of sp³-hybridized carbons (Fsp3) is 0.533. The van der Waals surface area contributed by atoms with Crippen LogP contribution >= 0.6 is 11.6 Å². The molecule has 0 aliphatic carbocycles. The number of halogens is 1. The summed E-state index contributed by atoms with van der Waals surface area (Å²) in [5.74, 6) is 0.0674. The van der Waals surface area contributed by atoms with Crippen LogP contribution in [0.5, 0.6) is 0 Å². The lowest BCUT2D eigenvalue weighted by Crippen LogP contribution is -2.41. The van der Waals surface area contributed by atoms with E-state index >= 15 is 0 Å². The standard InChI is InChI=1S/C15H22ClN3O2/c16-13-2-1-3-14(12-13)17-5-4-15(20)18-6-7-19-8-10-21-11-9-19/h1-3,12,17H,4-11H2,(H,18,20). The maximum Gasteiger partial charge on any atom is 0.221 e. The maximum absolute atomic E-state index is 11.7. The number of nitrogens with zero attached hydrogens (tertiary/aromatic N) is 1. The molecule has 1 heterocycles. The first-order valence-corrected chi connectivity index (χ1v) is 7.68. The zero-order valence-electron chi connectivity index (χ0n) is 12.1. The molecule has 21 heavy (non-hydrogen) atoms. The highest BCUT2D eigenvalue weighted by atomic mass is 35.5. The minimum Gasteiger partial charge on any atom is -0.384 e. The molecular weight excluding hydrogens is 290 g/mol. The van der Waals surface area contributed by atoms with Gasteiger partial charge in [-0.05, 0) is 18.2 Å². The molecule has 0 aromatic heterocycles. The molecule has 0 atom stereocenters. The van der Waals surface area contributed by atoms with Crippen LogP contribution in [0, 0.1) is 0 Å². The second kappa shape index (κ2) is 8.87. The molecule has 0 spiro atoms. The highest BCUT2D eigenvalue weighted by Crippen LogP contribution is 2.14. The molecule has 0 saturated carbocycles. The van der Waals surface area contributed by atoms with Gasteiger partial charge in [-0.3, -0.25) is 9.69 Å². The number of benzene rings is 1. The van der Waals surface area contributed by atoms with E-state index in [1.54, 1.807) is 0 Å². The summed E-state index contributed by atoms with van der Waals surface area (Å²) in [6.45, 7) is 5.66. The van der Waals surface area contributed by atoms with E-state index in [-0.39, 0.29) is 5.91 Å². The van der Waals surface area contributed by atoms with E-state index in [4.69, 9.17) is 16.3 Å². The van der Waals surface area contributed by atoms with Crippen molar-refractivity contribution in [2.24, 2.45) is 0 Å². The van der Waals surface area contributed by atoms with Gasteiger partial charge in [0.2, 0.25) is 5.91 Å². The highest BCUT2D eigenvalue weighted by molar-refractivity contribution is 6.30. The van der Waals surface area contributed by atoms with E-state index in [2.05, 4.69) is 15.5 Å². The average molecular weight is 312 g/mol. The van der Waals surface area contributed by atoms with Crippen LogP contribution < -0.4 is 10.6 Å². The summed E-state index contributed by atoms with van der Waals surface area (Å²) in [4.78, 5) is 14.0. The summed E-state index contributed by atoms with van der Waals surface area (Å²) >= 11 is 5.90. The van der Waals surface area contributed by atoms with Crippen molar-refractivity contribution < 1.29 is 9.53 Å². The zero-order chi connectivity index (χ0) is 14.9. The van der Waals surface area contributed by atoms with E-state index in [1.807, 2.05) is 24.3 Å². The summed E-state index contributed by atoms with van der Waals surface area (Å²) in [5, 5.41) is 6.81. The quantitative estimate of drug-likeness (QED) is 0.803. The Balaban J connectivity index is 1.55. The number of nitrogens with one attached hydrogen (secondary N) is 2. The van der Waals surface area contributed by atoms with Gasteiger partial charge in [0.25, 0.3) is 0 Å². The van der Waals surface area contributed by atoms with Gasteiger partial charge in [-0.1, -0.05) is 17.7 Å². The number of morpholine rings is 1. The lowest BCUT2D eigenvalue weighted by atomic mass is 10.3. The first-order chi connectivity index (χ1) is 10.2. The van der Waals surface area contributed by atoms with E-state index < -0.39 is 0 Å². The van der Waals surface area contributed by atoms with E-state index in [0.717, 1.165) is 38.5 Å². The highest BCUT2D eigenvalue weighted by Gasteiger charge is 2.09. The predicted molar refractivity (Wildman–Crippen MR) is 84.8 cm³/mol. The molecule has 1 aliphatic heterocycles. The molecular formula is C15H22ClN3O2. The molecule has 1 fully saturated rings. The van der Waals surface area contributed by atoms with Crippen molar-refractivity contribution in [3.8, 4) is 0 Å². The van der Waals surface area contributed by atoms with Crippen LogP contribution in [0.2, 0.25) is 5.02 Å². The number of rotatable bonds is 7. The molecule has 0 bridgehead atoms. The zero-order valence-corrected chi connectivity index (χ0v) is 12.9. The van der Waals surface area contributed by atoms with Gasteiger partial charge >= 0.3 is 0 Å². The van der Waals surface area contributed by atoms with Gasteiger partial charge in [0, 0.05) is 49.9 Å². The van der Waals surface area contributed by atoms with Crippen molar-refractivity contribution in [3.63, 3.8) is 0 Å². The largest absolute Gasteiger partial charge is 0.384 e. The van der Waals surface area contributed by atoms with Crippen molar-refractivity contribution in [2.75, 3.05) is 51.3 Å². The van der Waals surface area contributed by atoms with Crippen LogP contribution in [-0.4, -0.2) is 56.7 Å². The summed E-state index contributed by atoms with van der Waals surface area (Å²) in [7, 11) is 0. The third kappa shape index (κ3) is 6.33. The topological polar surface area (TPSA) is 53.6 Å². The number of hydrogen-bond acceptors (Lipinski definition) is 4. The predicted octanol–water partition coefficient (Wildman–Crippen LogP) is 1.59. The Morgan fingerprint density at radius 2 is 2.10 bits per heavy atom. The molecule has 0 radical (unpaired) electrons. The first kappa shape index (κ1) is 16.1. The van der Waals surface area contributed by atoms with Gasteiger partial charge in [-0.25, -0.2) is 0 Å². The Morgan fingerprint density at radius 3 is 2.86 bits per heavy atom.